The second-order valence-electron chi connectivity index (χ2n) is 6.81. The minimum Gasteiger partial charge on any atom is -0.497 e. The van der Waals surface area contributed by atoms with Gasteiger partial charge >= 0.3 is 0 Å². The minimum absolute atomic E-state index is 0.284. The van der Waals surface area contributed by atoms with Crippen molar-refractivity contribution in [3.05, 3.63) is 65.0 Å². The molecule has 0 aromatic heterocycles. The molecule has 0 saturated carbocycles. The standard InChI is InChI=1S/C21H27FO2/c1-6-21(7-2,17-12-18(22)14-19(13-17)24-5)16-10-8-15(9-11-16)20(3,4)23/h8-14,23H,6-7H2,1-5H3. The van der Waals surface area contributed by atoms with E-state index in [1.165, 1.54) is 6.07 Å². The monoisotopic (exact) mass is 330 g/mol. The summed E-state index contributed by atoms with van der Waals surface area (Å²) >= 11 is 0. The summed E-state index contributed by atoms with van der Waals surface area (Å²) in [6.45, 7) is 7.77. The molecule has 2 nitrogen and oxygen atoms in total. The average Bonchev–Trinajstić information content (AvgIpc) is 2.55. The van der Waals surface area contributed by atoms with Crippen LogP contribution >= 0.6 is 0 Å². The minimum atomic E-state index is -0.873. The van der Waals surface area contributed by atoms with Crippen LogP contribution in [0.15, 0.2) is 42.5 Å². The summed E-state index contributed by atoms with van der Waals surface area (Å²) in [6, 6.07) is 12.9. The highest BCUT2D eigenvalue weighted by atomic mass is 19.1. The molecular weight excluding hydrogens is 303 g/mol. The van der Waals surface area contributed by atoms with Crippen LogP contribution in [0.1, 0.15) is 57.2 Å². The van der Waals surface area contributed by atoms with Crippen LogP contribution in [0.5, 0.6) is 5.75 Å². The smallest absolute Gasteiger partial charge is 0.127 e. The third-order valence-electron chi connectivity index (χ3n) is 5.01. The molecule has 0 spiro atoms. The molecule has 0 unspecified atom stereocenters. The average molecular weight is 330 g/mol. The number of rotatable bonds is 6. The molecule has 24 heavy (non-hydrogen) atoms. The van der Waals surface area contributed by atoms with Crippen molar-refractivity contribution in [3.8, 4) is 5.75 Å². The quantitative estimate of drug-likeness (QED) is 0.792. The van der Waals surface area contributed by atoms with E-state index in [4.69, 9.17) is 4.74 Å². The molecule has 0 heterocycles. The molecule has 2 aromatic rings. The van der Waals surface area contributed by atoms with Crippen LogP contribution in [-0.4, -0.2) is 12.2 Å². The van der Waals surface area contributed by atoms with E-state index in [1.54, 1.807) is 27.0 Å². The van der Waals surface area contributed by atoms with E-state index in [0.29, 0.717) is 5.75 Å². The summed E-state index contributed by atoms with van der Waals surface area (Å²) in [6.07, 6.45) is 1.69. The topological polar surface area (TPSA) is 29.5 Å². The van der Waals surface area contributed by atoms with Crippen molar-refractivity contribution < 1.29 is 14.2 Å². The number of hydrogen-bond acceptors (Lipinski definition) is 2. The Hall–Kier alpha value is -1.87. The molecule has 1 N–H and O–H groups in total. The lowest BCUT2D eigenvalue weighted by molar-refractivity contribution is 0.0785. The first kappa shape index (κ1) is 18.5. The summed E-state index contributed by atoms with van der Waals surface area (Å²) in [5.41, 5.74) is 1.74. The fourth-order valence-corrected chi connectivity index (χ4v) is 3.39. The van der Waals surface area contributed by atoms with Gasteiger partial charge in [0.25, 0.3) is 0 Å². The molecule has 130 valence electrons. The van der Waals surface area contributed by atoms with Crippen molar-refractivity contribution in [2.45, 2.75) is 51.6 Å². The summed E-state index contributed by atoms with van der Waals surface area (Å²) in [4.78, 5) is 0. The van der Waals surface area contributed by atoms with E-state index in [0.717, 1.165) is 29.5 Å². The van der Waals surface area contributed by atoms with Gasteiger partial charge in [-0.2, -0.15) is 0 Å². The van der Waals surface area contributed by atoms with Gasteiger partial charge in [-0.1, -0.05) is 38.1 Å². The van der Waals surface area contributed by atoms with E-state index >= 15 is 0 Å². The van der Waals surface area contributed by atoms with E-state index < -0.39 is 5.60 Å². The predicted molar refractivity (Wildman–Crippen MR) is 96.0 cm³/mol. The van der Waals surface area contributed by atoms with E-state index in [-0.39, 0.29) is 11.2 Å². The summed E-state index contributed by atoms with van der Waals surface area (Å²) < 4.78 is 19.3. The van der Waals surface area contributed by atoms with Crippen molar-refractivity contribution in [2.24, 2.45) is 0 Å². The van der Waals surface area contributed by atoms with Gasteiger partial charge in [0, 0.05) is 11.5 Å². The van der Waals surface area contributed by atoms with E-state index in [2.05, 4.69) is 13.8 Å². The van der Waals surface area contributed by atoms with Crippen molar-refractivity contribution in [2.75, 3.05) is 7.11 Å². The fourth-order valence-electron chi connectivity index (χ4n) is 3.39. The molecule has 0 aliphatic heterocycles. The van der Waals surface area contributed by atoms with Gasteiger partial charge in [-0.15, -0.1) is 0 Å². The van der Waals surface area contributed by atoms with Crippen molar-refractivity contribution in [1.82, 2.24) is 0 Å². The van der Waals surface area contributed by atoms with Gasteiger partial charge in [0.05, 0.1) is 12.7 Å². The summed E-state index contributed by atoms with van der Waals surface area (Å²) in [7, 11) is 1.55. The first-order valence-electron chi connectivity index (χ1n) is 8.45. The first-order valence-corrected chi connectivity index (χ1v) is 8.45. The van der Waals surface area contributed by atoms with E-state index in [9.17, 15) is 9.50 Å². The molecule has 2 aromatic carbocycles. The molecule has 0 aliphatic rings. The molecule has 0 aliphatic carbocycles. The number of halogens is 1. The van der Waals surface area contributed by atoms with Gasteiger partial charge in [0.2, 0.25) is 0 Å². The Labute approximate surface area is 144 Å². The molecule has 0 amide bonds. The zero-order valence-electron chi connectivity index (χ0n) is 15.2. The largest absolute Gasteiger partial charge is 0.497 e. The van der Waals surface area contributed by atoms with Crippen LogP contribution in [0.3, 0.4) is 0 Å². The summed E-state index contributed by atoms with van der Waals surface area (Å²) in [5, 5.41) is 10.2. The lowest BCUT2D eigenvalue weighted by atomic mass is 9.70. The molecule has 3 heteroatoms. The highest BCUT2D eigenvalue weighted by Gasteiger charge is 2.32. The van der Waals surface area contributed by atoms with Crippen molar-refractivity contribution in [3.63, 3.8) is 0 Å². The van der Waals surface area contributed by atoms with Crippen molar-refractivity contribution in [1.29, 1.82) is 0 Å². The van der Waals surface area contributed by atoms with Crippen LogP contribution in [0, 0.1) is 5.82 Å². The number of hydrogen-bond donors (Lipinski definition) is 1. The normalized spacial score (nSPS) is 12.3. The van der Waals surface area contributed by atoms with Crippen LogP contribution in [0.25, 0.3) is 0 Å². The fraction of sp³-hybridized carbons (Fsp3) is 0.429. The maximum absolute atomic E-state index is 14.0. The first-order chi connectivity index (χ1) is 11.3. The maximum Gasteiger partial charge on any atom is 0.127 e. The number of methoxy groups -OCH3 is 1. The highest BCUT2D eigenvalue weighted by Crippen LogP contribution is 2.40. The number of ether oxygens (including phenoxy) is 1. The zero-order chi connectivity index (χ0) is 18.0. The number of aliphatic hydroxyl groups is 1. The van der Waals surface area contributed by atoms with Gasteiger partial charge in [-0.3, -0.25) is 0 Å². The Bertz CT molecular complexity index is 680. The zero-order valence-corrected chi connectivity index (χ0v) is 15.2. The second-order valence-corrected chi connectivity index (χ2v) is 6.81. The Kier molecular flexibility index (Phi) is 5.34. The van der Waals surface area contributed by atoms with Crippen molar-refractivity contribution >= 4 is 0 Å². The second kappa shape index (κ2) is 6.94. The number of benzene rings is 2. The van der Waals surface area contributed by atoms with Crippen LogP contribution in [-0.2, 0) is 11.0 Å². The molecule has 0 atom stereocenters. The molecule has 2 rings (SSSR count). The third-order valence-corrected chi connectivity index (χ3v) is 5.01. The molecule has 0 fully saturated rings. The van der Waals surface area contributed by atoms with Gasteiger partial charge in [0.15, 0.2) is 0 Å². The molecular formula is C21H27FO2. The Morgan fingerprint density at radius 2 is 1.46 bits per heavy atom. The Morgan fingerprint density at radius 3 is 1.92 bits per heavy atom. The van der Waals surface area contributed by atoms with E-state index in [1.807, 2.05) is 30.3 Å². The predicted octanol–water partition coefficient (Wildman–Crippen LogP) is 5.17. The lowest BCUT2D eigenvalue weighted by Crippen LogP contribution is -2.26. The SMILES string of the molecule is CCC(CC)(c1ccc(C(C)(C)O)cc1)c1cc(F)cc(OC)c1. The van der Waals surface area contributed by atoms with Gasteiger partial charge < -0.3 is 9.84 Å². The summed E-state index contributed by atoms with van der Waals surface area (Å²) in [5.74, 6) is 0.244. The Morgan fingerprint density at radius 1 is 0.917 bits per heavy atom. The molecule has 0 radical (unpaired) electrons. The maximum atomic E-state index is 14.0. The van der Waals surface area contributed by atoms with Gasteiger partial charge in [0.1, 0.15) is 11.6 Å². The van der Waals surface area contributed by atoms with Gasteiger partial charge in [-0.25, -0.2) is 4.39 Å². The highest BCUT2D eigenvalue weighted by molar-refractivity contribution is 5.44. The third kappa shape index (κ3) is 3.46. The molecule has 0 saturated heterocycles. The Balaban J connectivity index is 2.57. The van der Waals surface area contributed by atoms with Crippen LogP contribution in [0.4, 0.5) is 4.39 Å². The molecule has 0 bridgehead atoms. The lowest BCUT2D eigenvalue weighted by Gasteiger charge is -2.34. The van der Waals surface area contributed by atoms with Crippen LogP contribution < -0.4 is 4.74 Å². The van der Waals surface area contributed by atoms with Crippen LogP contribution in [0.2, 0.25) is 0 Å². The van der Waals surface area contributed by atoms with Gasteiger partial charge in [-0.05, 0) is 55.5 Å².